The van der Waals surface area contributed by atoms with Gasteiger partial charge in [-0.05, 0) is 29.6 Å². The number of hydrogen-bond donors (Lipinski definition) is 3. The number of carbonyl (C=O) groups excluding carboxylic acids is 3. The SMILES string of the molecule is CC(=O)Nc1cccc(NC(=O)Cc2csc(NC(=O)c3ccsc3)n2)c1. The van der Waals surface area contributed by atoms with Crippen molar-refractivity contribution in [2.24, 2.45) is 0 Å². The van der Waals surface area contributed by atoms with Crippen LogP contribution in [0.4, 0.5) is 16.5 Å². The quantitative estimate of drug-likeness (QED) is 0.589. The number of hydrogen-bond acceptors (Lipinski definition) is 6. The van der Waals surface area contributed by atoms with Gasteiger partial charge in [0, 0.05) is 29.1 Å². The number of thiazole rings is 1. The van der Waals surface area contributed by atoms with Gasteiger partial charge in [-0.3, -0.25) is 19.7 Å². The third-order valence-corrected chi connectivity index (χ3v) is 4.85. The highest BCUT2D eigenvalue weighted by atomic mass is 32.1. The predicted molar refractivity (Wildman–Crippen MR) is 107 cm³/mol. The molecule has 3 rings (SSSR count). The summed E-state index contributed by atoms with van der Waals surface area (Å²) >= 11 is 2.71. The van der Waals surface area contributed by atoms with E-state index in [4.69, 9.17) is 0 Å². The Labute approximate surface area is 163 Å². The van der Waals surface area contributed by atoms with Crippen molar-refractivity contribution in [3.8, 4) is 0 Å². The van der Waals surface area contributed by atoms with Crippen LogP contribution in [0.1, 0.15) is 23.0 Å². The van der Waals surface area contributed by atoms with Gasteiger partial charge in [0.2, 0.25) is 11.8 Å². The lowest BCUT2D eigenvalue weighted by Gasteiger charge is -2.07. The third kappa shape index (κ3) is 5.47. The molecule has 3 aromatic rings. The van der Waals surface area contributed by atoms with E-state index in [1.165, 1.54) is 29.6 Å². The van der Waals surface area contributed by atoms with Crippen LogP contribution in [0.5, 0.6) is 0 Å². The van der Waals surface area contributed by atoms with E-state index in [1.807, 2.05) is 5.38 Å². The minimum atomic E-state index is -0.240. The Hall–Kier alpha value is -3.04. The zero-order valence-electron chi connectivity index (χ0n) is 14.3. The molecule has 3 N–H and O–H groups in total. The number of rotatable bonds is 6. The largest absolute Gasteiger partial charge is 0.326 e. The van der Waals surface area contributed by atoms with Crippen LogP contribution in [-0.4, -0.2) is 22.7 Å². The molecular weight excluding hydrogens is 384 g/mol. The van der Waals surface area contributed by atoms with Crippen molar-refractivity contribution in [2.75, 3.05) is 16.0 Å². The lowest BCUT2D eigenvalue weighted by atomic mass is 10.2. The maximum Gasteiger partial charge on any atom is 0.258 e. The Kier molecular flexibility index (Phi) is 5.94. The topological polar surface area (TPSA) is 100 Å². The highest BCUT2D eigenvalue weighted by molar-refractivity contribution is 7.14. The highest BCUT2D eigenvalue weighted by Crippen LogP contribution is 2.19. The summed E-state index contributed by atoms with van der Waals surface area (Å²) in [6.07, 6.45) is 0.0786. The van der Waals surface area contributed by atoms with Crippen LogP contribution in [-0.2, 0) is 16.0 Å². The number of nitrogens with one attached hydrogen (secondary N) is 3. The molecule has 0 atom stereocenters. The molecule has 0 aliphatic heterocycles. The minimum Gasteiger partial charge on any atom is -0.326 e. The molecule has 2 heterocycles. The third-order valence-electron chi connectivity index (χ3n) is 3.36. The van der Waals surface area contributed by atoms with Gasteiger partial charge in [-0.1, -0.05) is 6.07 Å². The van der Waals surface area contributed by atoms with Gasteiger partial charge >= 0.3 is 0 Å². The van der Waals surface area contributed by atoms with E-state index >= 15 is 0 Å². The fourth-order valence-electron chi connectivity index (χ4n) is 2.26. The maximum absolute atomic E-state index is 12.2. The van der Waals surface area contributed by atoms with Crippen molar-refractivity contribution in [1.29, 1.82) is 0 Å². The van der Waals surface area contributed by atoms with Crippen molar-refractivity contribution in [3.63, 3.8) is 0 Å². The van der Waals surface area contributed by atoms with E-state index in [-0.39, 0.29) is 24.1 Å². The Balaban J connectivity index is 1.56. The molecule has 0 aliphatic carbocycles. The van der Waals surface area contributed by atoms with Gasteiger partial charge in [0.15, 0.2) is 5.13 Å². The van der Waals surface area contributed by atoms with E-state index in [0.717, 1.165) is 0 Å². The Morgan fingerprint density at radius 1 is 1.04 bits per heavy atom. The number of benzene rings is 1. The summed E-state index contributed by atoms with van der Waals surface area (Å²) in [5.74, 6) is -0.648. The number of anilines is 3. The molecule has 2 aromatic heterocycles. The summed E-state index contributed by atoms with van der Waals surface area (Å²) in [5.41, 5.74) is 2.32. The zero-order chi connectivity index (χ0) is 19.2. The molecule has 0 saturated carbocycles. The normalized spacial score (nSPS) is 10.3. The van der Waals surface area contributed by atoms with Crippen LogP contribution in [0.3, 0.4) is 0 Å². The van der Waals surface area contributed by atoms with Gasteiger partial charge in [-0.2, -0.15) is 11.3 Å². The van der Waals surface area contributed by atoms with Crippen LogP contribution in [0.15, 0.2) is 46.5 Å². The molecule has 138 valence electrons. The number of thiophene rings is 1. The van der Waals surface area contributed by atoms with Gasteiger partial charge in [-0.15, -0.1) is 11.3 Å². The van der Waals surface area contributed by atoms with Crippen molar-refractivity contribution < 1.29 is 14.4 Å². The summed E-state index contributed by atoms with van der Waals surface area (Å²) in [7, 11) is 0. The minimum absolute atomic E-state index is 0.0786. The average molecular weight is 400 g/mol. The number of amides is 3. The summed E-state index contributed by atoms with van der Waals surface area (Å²) in [5, 5.41) is 13.9. The van der Waals surface area contributed by atoms with Crippen LogP contribution < -0.4 is 16.0 Å². The van der Waals surface area contributed by atoms with Crippen molar-refractivity contribution in [2.45, 2.75) is 13.3 Å². The second-order valence-corrected chi connectivity index (χ2v) is 7.24. The molecule has 1 aromatic carbocycles. The molecule has 3 amide bonds. The van der Waals surface area contributed by atoms with E-state index < -0.39 is 0 Å². The van der Waals surface area contributed by atoms with Gasteiger partial charge in [0.1, 0.15) is 0 Å². The van der Waals surface area contributed by atoms with Crippen LogP contribution in [0.25, 0.3) is 0 Å². The molecule has 0 aliphatic rings. The molecule has 9 heteroatoms. The summed E-state index contributed by atoms with van der Waals surface area (Å²) in [4.78, 5) is 39.6. The highest BCUT2D eigenvalue weighted by Gasteiger charge is 2.12. The monoisotopic (exact) mass is 400 g/mol. The Bertz CT molecular complexity index is 967. The lowest BCUT2D eigenvalue weighted by Crippen LogP contribution is -2.15. The van der Waals surface area contributed by atoms with E-state index in [1.54, 1.807) is 41.1 Å². The van der Waals surface area contributed by atoms with Crippen molar-refractivity contribution in [3.05, 3.63) is 57.7 Å². The fourth-order valence-corrected chi connectivity index (χ4v) is 3.60. The van der Waals surface area contributed by atoms with Gasteiger partial charge < -0.3 is 10.6 Å². The predicted octanol–water partition coefficient (Wildman–Crippen LogP) is 3.60. The van der Waals surface area contributed by atoms with Crippen LogP contribution in [0.2, 0.25) is 0 Å². The van der Waals surface area contributed by atoms with Crippen molar-refractivity contribution >= 4 is 56.9 Å². The van der Waals surface area contributed by atoms with Gasteiger partial charge in [0.05, 0.1) is 17.7 Å². The summed E-state index contributed by atoms with van der Waals surface area (Å²) in [6, 6.07) is 8.61. The fraction of sp³-hybridized carbons (Fsp3) is 0.111. The lowest BCUT2D eigenvalue weighted by molar-refractivity contribution is -0.116. The Morgan fingerprint density at radius 3 is 2.52 bits per heavy atom. The Morgan fingerprint density at radius 2 is 1.81 bits per heavy atom. The summed E-state index contributed by atoms with van der Waals surface area (Å²) in [6.45, 7) is 1.42. The molecule has 27 heavy (non-hydrogen) atoms. The molecule has 0 bridgehead atoms. The van der Waals surface area contributed by atoms with E-state index in [2.05, 4.69) is 20.9 Å². The first kappa shape index (κ1) is 18.7. The second-order valence-electron chi connectivity index (χ2n) is 5.60. The molecule has 7 nitrogen and oxygen atoms in total. The van der Waals surface area contributed by atoms with Gasteiger partial charge in [0.25, 0.3) is 5.91 Å². The second kappa shape index (κ2) is 8.56. The van der Waals surface area contributed by atoms with E-state index in [9.17, 15) is 14.4 Å². The molecular formula is C18H16N4O3S2. The average Bonchev–Trinajstić information content (AvgIpc) is 3.26. The smallest absolute Gasteiger partial charge is 0.258 e. The number of nitrogens with zero attached hydrogens (tertiary/aromatic N) is 1. The number of carbonyl (C=O) groups is 3. The first-order chi connectivity index (χ1) is 13.0. The van der Waals surface area contributed by atoms with E-state index in [0.29, 0.717) is 27.8 Å². The summed E-state index contributed by atoms with van der Waals surface area (Å²) < 4.78 is 0. The molecule has 0 radical (unpaired) electrons. The maximum atomic E-state index is 12.2. The molecule has 0 spiro atoms. The van der Waals surface area contributed by atoms with Crippen LogP contribution >= 0.6 is 22.7 Å². The first-order valence-electron chi connectivity index (χ1n) is 7.95. The first-order valence-corrected chi connectivity index (χ1v) is 9.77. The van der Waals surface area contributed by atoms with Crippen molar-refractivity contribution in [1.82, 2.24) is 4.98 Å². The standard InChI is InChI=1S/C18H16N4O3S2/c1-11(23)19-13-3-2-4-14(7-13)20-16(24)8-15-10-27-18(21-15)22-17(25)12-5-6-26-9-12/h2-7,9-10H,8H2,1H3,(H,19,23)(H,20,24)(H,21,22,25). The molecule has 0 unspecified atom stereocenters. The van der Waals surface area contributed by atoms with Gasteiger partial charge in [-0.25, -0.2) is 4.98 Å². The van der Waals surface area contributed by atoms with Crippen LogP contribution in [0, 0.1) is 0 Å². The molecule has 0 saturated heterocycles. The zero-order valence-corrected chi connectivity index (χ0v) is 15.9. The molecule has 0 fully saturated rings. The number of aromatic nitrogens is 1.